The Morgan fingerprint density at radius 3 is 2.94 bits per heavy atom. The van der Waals surface area contributed by atoms with Gasteiger partial charge in [-0.05, 0) is 19.4 Å². The van der Waals surface area contributed by atoms with Crippen LogP contribution in [0.1, 0.15) is 19.3 Å². The second kappa shape index (κ2) is 7.50. The van der Waals surface area contributed by atoms with Crippen molar-refractivity contribution in [3.05, 3.63) is 11.6 Å². The van der Waals surface area contributed by atoms with Crippen LogP contribution < -0.4 is 10.0 Å². The SMILES string of the molecule is COC(=O)CCS(=O)(=O)NCCC1=CCNCC1. The van der Waals surface area contributed by atoms with Gasteiger partial charge in [-0.25, -0.2) is 13.1 Å². The summed E-state index contributed by atoms with van der Waals surface area (Å²) < 4.78 is 30.0. The maximum Gasteiger partial charge on any atom is 0.306 e. The first kappa shape index (κ1) is 15.1. The highest BCUT2D eigenvalue weighted by atomic mass is 32.2. The molecule has 6 nitrogen and oxygen atoms in total. The van der Waals surface area contributed by atoms with E-state index in [-0.39, 0.29) is 12.2 Å². The lowest BCUT2D eigenvalue weighted by Crippen LogP contribution is -2.29. The molecule has 0 aromatic heterocycles. The first-order valence-electron chi connectivity index (χ1n) is 5.96. The summed E-state index contributed by atoms with van der Waals surface area (Å²) in [5.74, 6) is -0.735. The van der Waals surface area contributed by atoms with Gasteiger partial charge in [0.1, 0.15) is 0 Å². The fourth-order valence-electron chi connectivity index (χ4n) is 1.66. The van der Waals surface area contributed by atoms with Crippen molar-refractivity contribution in [2.75, 3.05) is 32.5 Å². The molecular formula is C11H20N2O4S. The molecule has 1 heterocycles. The molecule has 0 unspecified atom stereocenters. The van der Waals surface area contributed by atoms with Crippen LogP contribution in [0, 0.1) is 0 Å². The van der Waals surface area contributed by atoms with Crippen LogP contribution >= 0.6 is 0 Å². The third-order valence-corrected chi connectivity index (χ3v) is 4.11. The number of nitrogens with one attached hydrogen (secondary N) is 2. The predicted octanol–water partition coefficient (Wildman–Crippen LogP) is -0.221. The van der Waals surface area contributed by atoms with Crippen molar-refractivity contribution >= 4 is 16.0 Å². The molecule has 0 fully saturated rings. The van der Waals surface area contributed by atoms with Gasteiger partial charge in [-0.15, -0.1) is 0 Å². The Balaban J connectivity index is 2.24. The number of carbonyl (C=O) groups is 1. The molecule has 0 atom stereocenters. The number of methoxy groups -OCH3 is 1. The van der Waals surface area contributed by atoms with Gasteiger partial charge >= 0.3 is 5.97 Å². The number of esters is 1. The lowest BCUT2D eigenvalue weighted by Gasteiger charge is -2.14. The van der Waals surface area contributed by atoms with Gasteiger partial charge in [0.05, 0.1) is 19.3 Å². The average Bonchev–Trinajstić information content (AvgIpc) is 2.37. The zero-order chi connectivity index (χ0) is 13.4. The Labute approximate surface area is 108 Å². The second-order valence-electron chi connectivity index (χ2n) is 4.11. The van der Waals surface area contributed by atoms with Crippen molar-refractivity contribution < 1.29 is 17.9 Å². The van der Waals surface area contributed by atoms with Crippen LogP contribution in [0.5, 0.6) is 0 Å². The van der Waals surface area contributed by atoms with Crippen molar-refractivity contribution in [1.29, 1.82) is 0 Å². The Bertz CT molecular complexity index is 403. The highest BCUT2D eigenvalue weighted by Crippen LogP contribution is 2.08. The summed E-state index contributed by atoms with van der Waals surface area (Å²) >= 11 is 0. The van der Waals surface area contributed by atoms with Crippen LogP contribution in [0.4, 0.5) is 0 Å². The summed E-state index contributed by atoms with van der Waals surface area (Å²) in [4.78, 5) is 10.8. The summed E-state index contributed by atoms with van der Waals surface area (Å²) in [6, 6.07) is 0. The van der Waals surface area contributed by atoms with Gasteiger partial charge in [-0.2, -0.15) is 0 Å². The Kier molecular flexibility index (Phi) is 6.31. The van der Waals surface area contributed by atoms with Crippen LogP contribution in [-0.2, 0) is 19.6 Å². The molecule has 1 aliphatic heterocycles. The Morgan fingerprint density at radius 2 is 2.33 bits per heavy atom. The van der Waals surface area contributed by atoms with Crippen molar-refractivity contribution in [1.82, 2.24) is 10.0 Å². The van der Waals surface area contributed by atoms with Gasteiger partial charge in [-0.1, -0.05) is 11.6 Å². The van der Waals surface area contributed by atoms with Crippen LogP contribution in [0.2, 0.25) is 0 Å². The average molecular weight is 276 g/mol. The maximum atomic E-state index is 11.5. The monoisotopic (exact) mass is 276 g/mol. The molecule has 0 aromatic rings. The van der Waals surface area contributed by atoms with Crippen molar-refractivity contribution in [2.45, 2.75) is 19.3 Å². The zero-order valence-corrected chi connectivity index (χ0v) is 11.4. The number of sulfonamides is 1. The maximum absolute atomic E-state index is 11.5. The van der Waals surface area contributed by atoms with Gasteiger partial charge in [-0.3, -0.25) is 4.79 Å². The molecule has 0 bridgehead atoms. The largest absolute Gasteiger partial charge is 0.469 e. The Hall–Kier alpha value is -0.920. The number of hydrogen-bond acceptors (Lipinski definition) is 5. The molecule has 0 amide bonds. The van der Waals surface area contributed by atoms with Gasteiger partial charge in [0.2, 0.25) is 10.0 Å². The summed E-state index contributed by atoms with van der Waals surface area (Å²) in [5.41, 5.74) is 1.27. The van der Waals surface area contributed by atoms with Crippen molar-refractivity contribution in [2.24, 2.45) is 0 Å². The molecule has 0 spiro atoms. The lowest BCUT2D eigenvalue weighted by molar-refractivity contribution is -0.140. The minimum atomic E-state index is -3.38. The van der Waals surface area contributed by atoms with E-state index in [1.807, 2.05) is 0 Å². The molecule has 0 aromatic carbocycles. The summed E-state index contributed by atoms with van der Waals surface area (Å²) in [6.45, 7) is 2.18. The van der Waals surface area contributed by atoms with Gasteiger partial charge in [0.15, 0.2) is 0 Å². The van der Waals surface area contributed by atoms with E-state index < -0.39 is 16.0 Å². The topological polar surface area (TPSA) is 84.5 Å². The van der Waals surface area contributed by atoms with Crippen LogP contribution in [0.3, 0.4) is 0 Å². The molecule has 0 saturated heterocycles. The van der Waals surface area contributed by atoms with E-state index in [0.29, 0.717) is 6.54 Å². The molecule has 7 heteroatoms. The van der Waals surface area contributed by atoms with E-state index in [9.17, 15) is 13.2 Å². The molecule has 18 heavy (non-hydrogen) atoms. The summed E-state index contributed by atoms with van der Waals surface area (Å²) in [5, 5.41) is 3.19. The van der Waals surface area contributed by atoms with E-state index in [1.54, 1.807) is 0 Å². The third-order valence-electron chi connectivity index (χ3n) is 2.73. The number of rotatable bonds is 7. The van der Waals surface area contributed by atoms with E-state index in [4.69, 9.17) is 0 Å². The van der Waals surface area contributed by atoms with Gasteiger partial charge in [0, 0.05) is 13.1 Å². The fourth-order valence-corrected chi connectivity index (χ4v) is 2.65. The lowest BCUT2D eigenvalue weighted by atomic mass is 10.1. The molecule has 2 N–H and O–H groups in total. The number of hydrogen-bond donors (Lipinski definition) is 2. The van der Waals surface area contributed by atoms with Gasteiger partial charge in [0.25, 0.3) is 0 Å². The predicted molar refractivity (Wildman–Crippen MR) is 68.6 cm³/mol. The molecular weight excluding hydrogens is 256 g/mol. The molecule has 1 rings (SSSR count). The molecule has 0 radical (unpaired) electrons. The molecule has 104 valence electrons. The van der Waals surface area contributed by atoms with E-state index in [2.05, 4.69) is 20.9 Å². The Morgan fingerprint density at radius 1 is 1.56 bits per heavy atom. The highest BCUT2D eigenvalue weighted by Gasteiger charge is 2.13. The molecule has 1 aliphatic rings. The third kappa shape index (κ3) is 6.13. The molecule has 0 aliphatic carbocycles. The minimum Gasteiger partial charge on any atom is -0.469 e. The smallest absolute Gasteiger partial charge is 0.306 e. The van der Waals surface area contributed by atoms with E-state index in [1.165, 1.54) is 12.7 Å². The number of ether oxygens (including phenoxy) is 1. The van der Waals surface area contributed by atoms with Crippen LogP contribution in [0.25, 0.3) is 0 Å². The molecule has 0 saturated carbocycles. The van der Waals surface area contributed by atoms with Gasteiger partial charge < -0.3 is 10.1 Å². The normalized spacial score (nSPS) is 16.2. The van der Waals surface area contributed by atoms with Crippen LogP contribution in [-0.4, -0.2) is 46.9 Å². The zero-order valence-electron chi connectivity index (χ0n) is 10.6. The quantitative estimate of drug-likeness (QED) is 0.496. The standard InChI is InChI=1S/C11H20N2O4S/c1-17-11(14)5-9-18(15,16)13-8-4-10-2-6-12-7-3-10/h2,12-13H,3-9H2,1H3. The van der Waals surface area contributed by atoms with E-state index >= 15 is 0 Å². The van der Waals surface area contributed by atoms with Crippen molar-refractivity contribution in [3.8, 4) is 0 Å². The van der Waals surface area contributed by atoms with Crippen LogP contribution in [0.15, 0.2) is 11.6 Å². The second-order valence-corrected chi connectivity index (χ2v) is 6.03. The summed E-state index contributed by atoms with van der Waals surface area (Å²) in [6.07, 6.45) is 3.66. The van der Waals surface area contributed by atoms with E-state index in [0.717, 1.165) is 25.9 Å². The number of carbonyl (C=O) groups excluding carboxylic acids is 1. The first-order valence-corrected chi connectivity index (χ1v) is 7.61. The van der Waals surface area contributed by atoms with Crippen molar-refractivity contribution in [3.63, 3.8) is 0 Å². The minimum absolute atomic E-state index is 0.113. The fraction of sp³-hybridized carbons (Fsp3) is 0.727. The summed E-state index contributed by atoms with van der Waals surface area (Å²) in [7, 11) is -2.14. The highest BCUT2D eigenvalue weighted by molar-refractivity contribution is 7.89. The first-order chi connectivity index (χ1) is 8.53.